The van der Waals surface area contributed by atoms with Crippen molar-refractivity contribution in [3.05, 3.63) is 50.7 Å². The van der Waals surface area contributed by atoms with Crippen LogP contribution in [0.15, 0.2) is 30.3 Å². The highest BCUT2D eigenvalue weighted by atomic mass is 35.5. The van der Waals surface area contributed by atoms with Crippen LogP contribution in [-0.4, -0.2) is 27.1 Å². The maximum atomic E-state index is 12.9. The molecule has 142 valence electrons. The van der Waals surface area contributed by atoms with Crippen molar-refractivity contribution >= 4 is 44.6 Å². The molecule has 0 aliphatic rings. The number of halogens is 4. The third kappa shape index (κ3) is 5.97. The lowest BCUT2D eigenvalue weighted by Gasteiger charge is -2.11. The highest BCUT2D eigenvalue weighted by Gasteiger charge is 2.33. The van der Waals surface area contributed by atoms with Crippen LogP contribution in [-0.2, 0) is 22.6 Å². The van der Waals surface area contributed by atoms with E-state index in [1.165, 1.54) is 12.1 Å². The summed E-state index contributed by atoms with van der Waals surface area (Å²) in [6.07, 6.45) is -3.19. The lowest BCUT2D eigenvalue weighted by Crippen LogP contribution is -2.24. The molecule has 1 amide bonds. The highest BCUT2D eigenvalue weighted by Crippen LogP contribution is 2.36. The Balaban J connectivity index is 2.05. The molecule has 26 heavy (non-hydrogen) atoms. The summed E-state index contributed by atoms with van der Waals surface area (Å²) in [6.45, 7) is 0.187. The quantitative estimate of drug-likeness (QED) is 0.738. The molecule has 1 aromatic heterocycles. The number of carbonyl (C=O) groups is 1. The summed E-state index contributed by atoms with van der Waals surface area (Å²) in [6, 6.07) is 6.30. The molecule has 1 heterocycles. The minimum absolute atomic E-state index is 0.0274. The molecule has 0 unspecified atom stereocenters. The van der Waals surface area contributed by atoms with E-state index in [-0.39, 0.29) is 12.2 Å². The van der Waals surface area contributed by atoms with Crippen LogP contribution in [0, 0.1) is 0 Å². The molecule has 0 aliphatic heterocycles. The van der Waals surface area contributed by atoms with E-state index < -0.39 is 32.7 Å². The first-order valence-corrected chi connectivity index (χ1v) is 10.3. The Morgan fingerprint density at radius 1 is 1.23 bits per heavy atom. The fourth-order valence-electron chi connectivity index (χ4n) is 2.01. The summed E-state index contributed by atoms with van der Waals surface area (Å²) >= 11 is 6.67. The van der Waals surface area contributed by atoms with Crippen LogP contribution in [0.1, 0.15) is 20.1 Å². The number of amides is 1. The van der Waals surface area contributed by atoms with Crippen LogP contribution in [0.2, 0.25) is 5.02 Å². The zero-order valence-electron chi connectivity index (χ0n) is 13.4. The van der Waals surface area contributed by atoms with E-state index in [9.17, 15) is 26.4 Å². The topological polar surface area (TPSA) is 75.3 Å². The number of rotatable bonds is 6. The van der Waals surface area contributed by atoms with Gasteiger partial charge >= 0.3 is 6.18 Å². The van der Waals surface area contributed by atoms with Gasteiger partial charge in [-0.3, -0.25) is 4.79 Å². The fourth-order valence-corrected chi connectivity index (χ4v) is 3.61. The fraction of sp³-hybridized carbons (Fsp3) is 0.267. The van der Waals surface area contributed by atoms with Crippen molar-refractivity contribution in [3.8, 4) is 0 Å². The van der Waals surface area contributed by atoms with E-state index in [0.29, 0.717) is 11.3 Å². The van der Waals surface area contributed by atoms with E-state index >= 15 is 0 Å². The van der Waals surface area contributed by atoms with Gasteiger partial charge in [-0.2, -0.15) is 13.2 Å². The number of thiophene rings is 1. The molecule has 2 N–H and O–H groups in total. The first-order chi connectivity index (χ1) is 12.0. The summed E-state index contributed by atoms with van der Waals surface area (Å²) in [5, 5.41) is 1.94. The van der Waals surface area contributed by atoms with Crippen molar-refractivity contribution < 1.29 is 26.4 Å². The molecule has 0 atom stereocenters. The summed E-state index contributed by atoms with van der Waals surface area (Å²) in [4.78, 5) is 13.2. The predicted octanol–water partition coefficient (Wildman–Crippen LogP) is 3.76. The van der Waals surface area contributed by atoms with Crippen LogP contribution in [0.25, 0.3) is 0 Å². The Hall–Kier alpha value is -1.62. The largest absolute Gasteiger partial charge is 0.417 e. The Morgan fingerprint density at radius 2 is 1.92 bits per heavy atom. The SMILES string of the molecule is CS(=O)(=O)NCCc1ccc(C(=O)Nc2ccc(Cl)c(C(F)(F)F)c2)s1. The van der Waals surface area contributed by atoms with Crippen LogP contribution < -0.4 is 10.0 Å². The monoisotopic (exact) mass is 426 g/mol. The first-order valence-electron chi connectivity index (χ1n) is 7.17. The molecular formula is C15H14ClF3N2O3S2. The number of alkyl halides is 3. The van der Waals surface area contributed by atoms with Gasteiger partial charge in [0.05, 0.1) is 21.7 Å². The van der Waals surface area contributed by atoms with E-state index in [1.54, 1.807) is 6.07 Å². The number of hydrogen-bond donors (Lipinski definition) is 2. The number of nitrogens with one attached hydrogen (secondary N) is 2. The molecule has 0 aliphatic carbocycles. The van der Waals surface area contributed by atoms with Gasteiger partial charge in [0.25, 0.3) is 5.91 Å². The van der Waals surface area contributed by atoms with E-state index in [0.717, 1.165) is 34.6 Å². The maximum Gasteiger partial charge on any atom is 0.417 e. The van der Waals surface area contributed by atoms with Gasteiger partial charge in [-0.25, -0.2) is 13.1 Å². The lowest BCUT2D eigenvalue weighted by molar-refractivity contribution is -0.137. The molecule has 0 bridgehead atoms. The maximum absolute atomic E-state index is 12.9. The van der Waals surface area contributed by atoms with E-state index in [1.807, 2.05) is 0 Å². The van der Waals surface area contributed by atoms with Crippen molar-refractivity contribution in [3.63, 3.8) is 0 Å². The lowest BCUT2D eigenvalue weighted by atomic mass is 10.2. The second kappa shape index (κ2) is 7.95. The Bertz CT molecular complexity index is 911. The Kier molecular flexibility index (Phi) is 6.33. The molecular weight excluding hydrogens is 413 g/mol. The van der Waals surface area contributed by atoms with Gasteiger partial charge < -0.3 is 5.32 Å². The van der Waals surface area contributed by atoms with Crippen LogP contribution in [0.4, 0.5) is 18.9 Å². The smallest absolute Gasteiger partial charge is 0.321 e. The molecule has 0 fully saturated rings. The van der Waals surface area contributed by atoms with Crippen molar-refractivity contribution in [1.82, 2.24) is 4.72 Å². The van der Waals surface area contributed by atoms with Gasteiger partial charge in [-0.1, -0.05) is 11.6 Å². The number of benzene rings is 1. The second-order valence-corrected chi connectivity index (χ2v) is 8.74. The number of carbonyl (C=O) groups excluding carboxylic acids is 1. The Labute approximate surface area is 157 Å². The van der Waals surface area contributed by atoms with Crippen molar-refractivity contribution in [2.45, 2.75) is 12.6 Å². The van der Waals surface area contributed by atoms with Crippen molar-refractivity contribution in [2.24, 2.45) is 0 Å². The molecule has 2 aromatic rings. The predicted molar refractivity (Wildman–Crippen MR) is 95.3 cm³/mol. The third-order valence-corrected chi connectivity index (χ3v) is 5.35. The highest BCUT2D eigenvalue weighted by molar-refractivity contribution is 7.88. The minimum Gasteiger partial charge on any atom is -0.321 e. The second-order valence-electron chi connectivity index (χ2n) is 5.33. The summed E-state index contributed by atoms with van der Waals surface area (Å²) in [7, 11) is -3.29. The average molecular weight is 427 g/mol. The number of hydrogen-bond acceptors (Lipinski definition) is 4. The van der Waals surface area contributed by atoms with Crippen molar-refractivity contribution in [1.29, 1.82) is 0 Å². The molecule has 0 saturated carbocycles. The summed E-state index contributed by atoms with van der Waals surface area (Å²) in [5.41, 5.74) is -1.06. The molecule has 11 heteroatoms. The van der Waals surface area contributed by atoms with Gasteiger partial charge in [0.2, 0.25) is 10.0 Å². The molecule has 1 aromatic carbocycles. The molecule has 0 saturated heterocycles. The molecule has 0 spiro atoms. The first kappa shape index (κ1) is 20.7. The van der Waals surface area contributed by atoms with Crippen LogP contribution in [0.5, 0.6) is 0 Å². The minimum atomic E-state index is -4.62. The number of anilines is 1. The summed E-state index contributed by atoms with van der Waals surface area (Å²) < 4.78 is 62.9. The normalized spacial score (nSPS) is 12.2. The summed E-state index contributed by atoms with van der Waals surface area (Å²) in [5.74, 6) is -0.562. The third-order valence-electron chi connectivity index (χ3n) is 3.15. The number of sulfonamides is 1. The van der Waals surface area contributed by atoms with Gasteiger partial charge in [-0.15, -0.1) is 11.3 Å². The van der Waals surface area contributed by atoms with Gasteiger partial charge in [0.15, 0.2) is 0 Å². The van der Waals surface area contributed by atoms with Crippen molar-refractivity contribution in [2.75, 3.05) is 18.1 Å². The average Bonchev–Trinajstić information content (AvgIpc) is 2.95. The van der Waals surface area contributed by atoms with Gasteiger partial charge in [-0.05, 0) is 36.8 Å². The van der Waals surface area contributed by atoms with Gasteiger partial charge in [0.1, 0.15) is 0 Å². The van der Waals surface area contributed by atoms with Crippen LogP contribution >= 0.6 is 22.9 Å². The molecule has 2 rings (SSSR count). The molecule has 5 nitrogen and oxygen atoms in total. The van der Waals surface area contributed by atoms with E-state index in [4.69, 9.17) is 11.6 Å². The van der Waals surface area contributed by atoms with Crippen LogP contribution in [0.3, 0.4) is 0 Å². The zero-order valence-corrected chi connectivity index (χ0v) is 15.7. The molecule has 0 radical (unpaired) electrons. The Morgan fingerprint density at radius 3 is 2.54 bits per heavy atom. The standard InChI is InChI=1S/C15H14ClF3N2O3S2/c1-26(23,24)20-7-6-10-3-5-13(25-10)14(22)21-9-2-4-12(16)11(8-9)15(17,18)19/h2-5,8,20H,6-7H2,1H3,(H,21,22). The van der Waals surface area contributed by atoms with E-state index in [2.05, 4.69) is 10.0 Å². The zero-order chi connectivity index (χ0) is 19.5. The van der Waals surface area contributed by atoms with Gasteiger partial charge in [0, 0.05) is 17.1 Å².